The van der Waals surface area contributed by atoms with Crippen LogP contribution in [-0.2, 0) is 13.0 Å². The zero-order chi connectivity index (χ0) is 32.7. The molecule has 1 aliphatic rings. The van der Waals surface area contributed by atoms with Crippen molar-refractivity contribution in [2.75, 3.05) is 0 Å². The van der Waals surface area contributed by atoms with Crippen LogP contribution in [0.15, 0.2) is 59.0 Å². The van der Waals surface area contributed by atoms with Crippen molar-refractivity contribution in [3.05, 3.63) is 111 Å². The van der Waals surface area contributed by atoms with Crippen molar-refractivity contribution < 1.29 is 27.2 Å². The average Bonchev–Trinajstić information content (AvgIpc) is 3.42. The fourth-order valence-corrected chi connectivity index (χ4v) is 6.65. The summed E-state index contributed by atoms with van der Waals surface area (Å²) >= 11 is 1.14. The molecule has 2 amide bonds. The normalized spacial score (nSPS) is 15.7. The summed E-state index contributed by atoms with van der Waals surface area (Å²) in [5.74, 6) is -2.85. The SMILES string of the molecule is Cc1nnc(-c2c([C@@H]3C[C@H]3c3ccc(F)cc3)nc(CC(C)C)c(C(N)=O)c2-c2ccc(C(=O)NCc3ccc(F)c(F)c3)s2)o1. The number of primary amides is 1. The molecule has 6 rings (SSSR count). The Morgan fingerprint density at radius 1 is 1.00 bits per heavy atom. The Labute approximate surface area is 266 Å². The first kappa shape index (κ1) is 31.2. The summed E-state index contributed by atoms with van der Waals surface area (Å²) < 4.78 is 46.7. The van der Waals surface area contributed by atoms with Crippen LogP contribution in [0.2, 0.25) is 0 Å². The van der Waals surface area contributed by atoms with Crippen LogP contribution in [0.5, 0.6) is 0 Å². The number of aromatic nitrogens is 3. The molecule has 0 unspecified atom stereocenters. The smallest absolute Gasteiger partial charge is 0.261 e. The van der Waals surface area contributed by atoms with Gasteiger partial charge in [0.15, 0.2) is 11.6 Å². The second-order valence-corrected chi connectivity index (χ2v) is 12.8. The molecular weight excluding hydrogens is 615 g/mol. The second-order valence-electron chi connectivity index (χ2n) is 11.8. The van der Waals surface area contributed by atoms with Crippen LogP contribution in [0.3, 0.4) is 0 Å². The van der Waals surface area contributed by atoms with Crippen LogP contribution in [0.4, 0.5) is 13.2 Å². The highest BCUT2D eigenvalue weighted by Gasteiger charge is 2.44. The number of amides is 2. The van der Waals surface area contributed by atoms with E-state index in [0.717, 1.165) is 35.5 Å². The molecule has 3 N–H and O–H groups in total. The van der Waals surface area contributed by atoms with Crippen LogP contribution in [0.25, 0.3) is 21.9 Å². The quantitative estimate of drug-likeness (QED) is 0.167. The molecule has 1 aliphatic carbocycles. The second kappa shape index (κ2) is 12.5. The van der Waals surface area contributed by atoms with Gasteiger partial charge in [-0.15, -0.1) is 21.5 Å². The number of halogens is 3. The predicted octanol–water partition coefficient (Wildman–Crippen LogP) is 7.08. The van der Waals surface area contributed by atoms with E-state index >= 15 is 0 Å². The van der Waals surface area contributed by atoms with Gasteiger partial charge in [-0.2, -0.15) is 0 Å². The first-order valence-electron chi connectivity index (χ1n) is 14.7. The van der Waals surface area contributed by atoms with Crippen LogP contribution < -0.4 is 11.1 Å². The minimum absolute atomic E-state index is 0.0211. The van der Waals surface area contributed by atoms with Crippen LogP contribution in [-0.4, -0.2) is 27.0 Å². The van der Waals surface area contributed by atoms with E-state index in [9.17, 15) is 22.8 Å². The molecule has 1 saturated carbocycles. The molecule has 46 heavy (non-hydrogen) atoms. The lowest BCUT2D eigenvalue weighted by molar-refractivity contribution is 0.0953. The van der Waals surface area contributed by atoms with Crippen molar-refractivity contribution in [3.8, 4) is 21.9 Å². The number of nitrogens with one attached hydrogen (secondary N) is 1. The van der Waals surface area contributed by atoms with Crippen molar-refractivity contribution in [1.82, 2.24) is 20.5 Å². The van der Waals surface area contributed by atoms with Crippen molar-refractivity contribution in [2.45, 2.75) is 52.0 Å². The highest BCUT2D eigenvalue weighted by Crippen LogP contribution is 2.57. The van der Waals surface area contributed by atoms with Crippen molar-refractivity contribution in [2.24, 2.45) is 11.7 Å². The number of pyridine rings is 1. The first-order chi connectivity index (χ1) is 22.0. The molecule has 0 aliphatic heterocycles. The minimum atomic E-state index is -1.00. The van der Waals surface area contributed by atoms with Gasteiger partial charge in [0.1, 0.15) is 5.82 Å². The van der Waals surface area contributed by atoms with E-state index in [0.29, 0.717) is 50.1 Å². The number of hydrogen-bond donors (Lipinski definition) is 2. The van der Waals surface area contributed by atoms with Gasteiger partial charge in [-0.05, 0) is 72.2 Å². The molecule has 0 bridgehead atoms. The highest BCUT2D eigenvalue weighted by molar-refractivity contribution is 7.17. The summed E-state index contributed by atoms with van der Waals surface area (Å²) in [6.45, 7) is 5.66. The lowest BCUT2D eigenvalue weighted by Crippen LogP contribution is -2.21. The number of rotatable bonds is 10. The summed E-state index contributed by atoms with van der Waals surface area (Å²) in [6.07, 6.45) is 1.19. The summed E-state index contributed by atoms with van der Waals surface area (Å²) in [6, 6.07) is 13.1. The Kier molecular flexibility index (Phi) is 8.47. The standard InChI is InChI=1S/C34H30F3N5O3S/c1-16(2)12-25-28(32(38)43)29(26-10-11-27(46-26)33(44)39-15-18-4-9-23(36)24(37)13-18)30(34-42-41-17(3)45-34)31(40-25)22-14-21(22)19-5-7-20(35)8-6-19/h4-11,13,16,21-22H,12,14-15H2,1-3H3,(H2,38,43)(H,39,44)/t21-,22+/m0/s1. The Morgan fingerprint density at radius 3 is 2.41 bits per heavy atom. The fourth-order valence-electron chi connectivity index (χ4n) is 5.67. The van der Waals surface area contributed by atoms with Gasteiger partial charge in [-0.25, -0.2) is 13.2 Å². The Balaban J connectivity index is 1.46. The molecule has 236 valence electrons. The summed E-state index contributed by atoms with van der Waals surface area (Å²) in [5.41, 5.74) is 9.70. The van der Waals surface area contributed by atoms with Gasteiger partial charge < -0.3 is 15.5 Å². The molecule has 0 radical (unpaired) electrons. The molecule has 2 aromatic carbocycles. The summed E-state index contributed by atoms with van der Waals surface area (Å²) in [5, 5.41) is 11.1. The molecule has 3 heterocycles. The Morgan fingerprint density at radius 2 is 1.76 bits per heavy atom. The zero-order valence-corrected chi connectivity index (χ0v) is 26.1. The molecule has 8 nitrogen and oxygen atoms in total. The van der Waals surface area contributed by atoms with E-state index in [4.69, 9.17) is 15.1 Å². The number of carbonyl (C=O) groups excluding carboxylic acids is 2. The maximum absolute atomic E-state index is 13.7. The third kappa shape index (κ3) is 6.30. The molecule has 0 saturated heterocycles. The third-order valence-corrected chi connectivity index (χ3v) is 8.94. The molecule has 5 aromatic rings. The van der Waals surface area contributed by atoms with Gasteiger partial charge in [-0.1, -0.05) is 32.0 Å². The largest absolute Gasteiger partial charge is 0.421 e. The number of benzene rings is 2. The van der Waals surface area contributed by atoms with Gasteiger partial charge in [-0.3, -0.25) is 14.6 Å². The number of thiophene rings is 1. The molecule has 12 heteroatoms. The number of hydrogen-bond acceptors (Lipinski definition) is 7. The van der Waals surface area contributed by atoms with E-state index in [1.807, 2.05) is 13.8 Å². The predicted molar refractivity (Wildman–Crippen MR) is 167 cm³/mol. The van der Waals surface area contributed by atoms with Gasteiger partial charge >= 0.3 is 0 Å². The minimum Gasteiger partial charge on any atom is -0.421 e. The van der Waals surface area contributed by atoms with Gasteiger partial charge in [0.2, 0.25) is 11.8 Å². The third-order valence-electron chi connectivity index (χ3n) is 7.84. The molecule has 3 aromatic heterocycles. The summed E-state index contributed by atoms with van der Waals surface area (Å²) in [4.78, 5) is 32.3. The van der Waals surface area contributed by atoms with Crippen molar-refractivity contribution in [1.29, 1.82) is 0 Å². The number of carbonyl (C=O) groups is 2. The van der Waals surface area contributed by atoms with E-state index in [-0.39, 0.29) is 41.6 Å². The Bertz CT molecular complexity index is 1950. The molecule has 0 spiro atoms. The topological polar surface area (TPSA) is 124 Å². The van der Waals surface area contributed by atoms with E-state index < -0.39 is 23.4 Å². The van der Waals surface area contributed by atoms with Crippen LogP contribution in [0.1, 0.15) is 80.5 Å². The number of nitrogens with zero attached hydrogens (tertiary/aromatic N) is 3. The van der Waals surface area contributed by atoms with Gasteiger partial charge in [0.25, 0.3) is 11.8 Å². The lowest BCUT2D eigenvalue weighted by Gasteiger charge is -2.19. The lowest BCUT2D eigenvalue weighted by atomic mass is 9.91. The Hall–Kier alpha value is -4.84. The average molecular weight is 646 g/mol. The van der Waals surface area contributed by atoms with Gasteiger partial charge in [0.05, 0.1) is 27.4 Å². The maximum Gasteiger partial charge on any atom is 0.261 e. The maximum atomic E-state index is 13.7. The first-order valence-corrected chi connectivity index (χ1v) is 15.6. The number of aryl methyl sites for hydroxylation is 1. The van der Waals surface area contributed by atoms with E-state index in [2.05, 4.69) is 15.5 Å². The van der Waals surface area contributed by atoms with E-state index in [1.54, 1.807) is 31.2 Å². The highest BCUT2D eigenvalue weighted by atomic mass is 32.1. The van der Waals surface area contributed by atoms with Gasteiger partial charge in [0, 0.05) is 29.8 Å². The summed E-state index contributed by atoms with van der Waals surface area (Å²) in [7, 11) is 0. The molecule has 2 atom stereocenters. The number of nitrogens with two attached hydrogens (primary N) is 1. The van der Waals surface area contributed by atoms with Crippen LogP contribution in [0, 0.1) is 30.3 Å². The fraction of sp³-hybridized carbons (Fsp3) is 0.265. The zero-order valence-electron chi connectivity index (χ0n) is 25.2. The molecule has 1 fully saturated rings. The van der Waals surface area contributed by atoms with Crippen molar-refractivity contribution in [3.63, 3.8) is 0 Å². The van der Waals surface area contributed by atoms with Crippen LogP contribution >= 0.6 is 11.3 Å². The van der Waals surface area contributed by atoms with Crippen molar-refractivity contribution >= 4 is 23.2 Å². The van der Waals surface area contributed by atoms with E-state index in [1.165, 1.54) is 18.2 Å². The molecular formula is C34H30F3N5O3S. The monoisotopic (exact) mass is 645 g/mol.